The minimum absolute atomic E-state index is 0.0626. The molecule has 1 aromatic rings. The largest absolute Gasteiger partial charge is 0.389 e. The summed E-state index contributed by atoms with van der Waals surface area (Å²) in [4.78, 5) is 0. The molecule has 1 aliphatic rings. The lowest BCUT2D eigenvalue weighted by Crippen LogP contribution is -2.39. The van der Waals surface area contributed by atoms with Crippen molar-refractivity contribution in [3.63, 3.8) is 0 Å². The smallest absolute Gasteiger partial charge is 0.333 e. The Morgan fingerprint density at radius 1 is 1.08 bits per heavy atom. The lowest BCUT2D eigenvalue weighted by atomic mass is 9.79. The molecule has 0 heterocycles. The molecule has 1 atom stereocenters. The molecule has 5 heteroatoms. The Kier molecular flexibility index (Phi) is 8.15. The highest BCUT2D eigenvalue weighted by atomic mass is 31.2. The van der Waals surface area contributed by atoms with Gasteiger partial charge in [-0.3, -0.25) is 4.57 Å². The van der Waals surface area contributed by atoms with Gasteiger partial charge in [0.25, 0.3) is 0 Å². The van der Waals surface area contributed by atoms with E-state index in [0.29, 0.717) is 32.0 Å². The van der Waals surface area contributed by atoms with Crippen molar-refractivity contribution in [3.05, 3.63) is 35.9 Å². The molecule has 1 saturated carbocycles. The van der Waals surface area contributed by atoms with Crippen LogP contribution in [-0.2, 0) is 20.0 Å². The van der Waals surface area contributed by atoms with Crippen LogP contribution in [0.4, 0.5) is 0 Å². The van der Waals surface area contributed by atoms with Crippen molar-refractivity contribution >= 4 is 7.60 Å². The van der Waals surface area contributed by atoms with Crippen LogP contribution in [0.2, 0.25) is 0 Å². The van der Waals surface area contributed by atoms with Crippen LogP contribution in [0.15, 0.2) is 30.3 Å². The van der Waals surface area contributed by atoms with E-state index >= 15 is 0 Å². The monoisotopic (exact) mass is 368 g/mol. The van der Waals surface area contributed by atoms with Gasteiger partial charge >= 0.3 is 7.60 Å². The first kappa shape index (κ1) is 20.6. The molecule has 1 fully saturated rings. The van der Waals surface area contributed by atoms with Gasteiger partial charge < -0.3 is 14.2 Å². The molecule has 0 bridgehead atoms. The van der Waals surface area contributed by atoms with Gasteiger partial charge in [-0.05, 0) is 31.7 Å². The van der Waals surface area contributed by atoms with E-state index in [-0.39, 0.29) is 6.16 Å². The summed E-state index contributed by atoms with van der Waals surface area (Å²) in [5.74, 6) is 0.485. The molecule has 0 aliphatic heterocycles. The highest BCUT2D eigenvalue weighted by Crippen LogP contribution is 2.52. The Labute approximate surface area is 152 Å². The molecule has 0 radical (unpaired) electrons. The number of rotatable bonds is 10. The normalized spacial score (nSPS) is 18.8. The average Bonchev–Trinajstić information content (AvgIpc) is 2.56. The molecule has 0 spiro atoms. The minimum atomic E-state index is -3.30. The fourth-order valence-electron chi connectivity index (χ4n) is 3.98. The Hall–Kier alpha value is -0.670. The first-order valence-electron chi connectivity index (χ1n) is 9.63. The molecular weight excluding hydrogens is 335 g/mol. The second-order valence-corrected chi connectivity index (χ2v) is 9.25. The first-order valence-corrected chi connectivity index (χ1v) is 11.4. The lowest BCUT2D eigenvalue weighted by Gasteiger charge is -2.35. The van der Waals surface area contributed by atoms with E-state index in [1.54, 1.807) is 0 Å². The first-order chi connectivity index (χ1) is 12.0. The van der Waals surface area contributed by atoms with E-state index in [4.69, 9.17) is 9.05 Å². The van der Waals surface area contributed by atoms with Crippen LogP contribution < -0.4 is 0 Å². The molecule has 1 unspecified atom stereocenters. The minimum Gasteiger partial charge on any atom is -0.389 e. The van der Waals surface area contributed by atoms with Crippen molar-refractivity contribution in [1.82, 2.24) is 0 Å². The number of hydrogen-bond acceptors (Lipinski definition) is 4. The number of hydrogen-bond donors (Lipinski definition) is 1. The second-order valence-electron chi connectivity index (χ2n) is 7.20. The van der Waals surface area contributed by atoms with Crippen molar-refractivity contribution in [3.8, 4) is 0 Å². The van der Waals surface area contributed by atoms with Crippen molar-refractivity contribution in [1.29, 1.82) is 0 Å². The predicted molar refractivity (Wildman–Crippen MR) is 102 cm³/mol. The molecule has 25 heavy (non-hydrogen) atoms. The molecule has 1 aromatic carbocycles. The second kappa shape index (κ2) is 9.87. The van der Waals surface area contributed by atoms with Gasteiger partial charge in [0.1, 0.15) is 0 Å². The third-order valence-electron chi connectivity index (χ3n) is 4.91. The predicted octanol–water partition coefficient (Wildman–Crippen LogP) is 5.20. The van der Waals surface area contributed by atoms with Gasteiger partial charge in [0, 0.05) is 6.42 Å². The van der Waals surface area contributed by atoms with Crippen molar-refractivity contribution < 1.29 is 18.7 Å². The molecule has 1 N–H and O–H groups in total. The zero-order chi connectivity index (χ0) is 18.2. The molecule has 0 amide bonds. The highest BCUT2D eigenvalue weighted by molar-refractivity contribution is 7.53. The van der Waals surface area contributed by atoms with E-state index in [2.05, 4.69) is 0 Å². The van der Waals surface area contributed by atoms with E-state index in [1.165, 1.54) is 19.3 Å². The molecule has 1 aliphatic carbocycles. The Bertz CT molecular complexity index is 532. The summed E-state index contributed by atoms with van der Waals surface area (Å²) in [6, 6.07) is 9.94. The van der Waals surface area contributed by atoms with E-state index in [1.807, 2.05) is 44.2 Å². The van der Waals surface area contributed by atoms with Crippen LogP contribution in [0, 0.1) is 5.92 Å². The molecule has 0 aromatic heterocycles. The van der Waals surface area contributed by atoms with Crippen LogP contribution in [-0.4, -0.2) is 30.1 Å². The fraction of sp³-hybridized carbons (Fsp3) is 0.700. The van der Waals surface area contributed by atoms with E-state index < -0.39 is 13.2 Å². The van der Waals surface area contributed by atoms with Crippen LogP contribution in [0.3, 0.4) is 0 Å². The standard InChI is InChI=1S/C20H33O4P/c1-3-23-25(22,24-4-2)17-20(21,15-18-11-7-5-8-12-18)16-19-13-9-6-10-14-19/h5,7-8,11-12,19,21H,3-4,6,9-10,13-17H2,1-2H3. The summed E-state index contributed by atoms with van der Waals surface area (Å²) in [7, 11) is -3.30. The van der Waals surface area contributed by atoms with Gasteiger partial charge in [-0.15, -0.1) is 0 Å². The topological polar surface area (TPSA) is 55.8 Å². The van der Waals surface area contributed by atoms with Gasteiger partial charge in [0.2, 0.25) is 0 Å². The fourth-order valence-corrected chi connectivity index (χ4v) is 5.99. The summed E-state index contributed by atoms with van der Waals surface area (Å²) in [6.07, 6.45) is 7.22. The summed E-state index contributed by atoms with van der Waals surface area (Å²) in [6.45, 7) is 4.26. The maximum absolute atomic E-state index is 13.1. The third-order valence-corrected chi connectivity index (χ3v) is 7.19. The van der Waals surface area contributed by atoms with Crippen LogP contribution in [0.25, 0.3) is 0 Å². The number of aliphatic hydroxyl groups is 1. The summed E-state index contributed by atoms with van der Waals surface area (Å²) in [5.41, 5.74) is -0.0104. The molecule has 4 nitrogen and oxygen atoms in total. The van der Waals surface area contributed by atoms with Gasteiger partial charge in [-0.2, -0.15) is 0 Å². The van der Waals surface area contributed by atoms with Gasteiger partial charge in [-0.1, -0.05) is 62.4 Å². The maximum Gasteiger partial charge on any atom is 0.333 e. The Morgan fingerprint density at radius 3 is 2.24 bits per heavy atom. The lowest BCUT2D eigenvalue weighted by molar-refractivity contribution is 0.0243. The third kappa shape index (κ3) is 6.86. The zero-order valence-electron chi connectivity index (χ0n) is 15.7. The van der Waals surface area contributed by atoms with Gasteiger partial charge in [0.15, 0.2) is 0 Å². The summed E-state index contributed by atoms with van der Waals surface area (Å²) >= 11 is 0. The van der Waals surface area contributed by atoms with Crippen LogP contribution in [0.5, 0.6) is 0 Å². The SMILES string of the molecule is CCOP(=O)(CC(O)(Cc1ccccc1)CC1CCCCC1)OCC. The Balaban J connectivity index is 2.18. The van der Waals surface area contributed by atoms with Crippen LogP contribution in [0.1, 0.15) is 57.9 Å². The quantitative estimate of drug-likeness (QED) is 0.577. The molecular formula is C20H33O4P. The van der Waals surface area contributed by atoms with Gasteiger partial charge in [0.05, 0.1) is 25.0 Å². The summed E-state index contributed by atoms with van der Waals surface area (Å²) < 4.78 is 24.0. The average molecular weight is 368 g/mol. The summed E-state index contributed by atoms with van der Waals surface area (Å²) in [5, 5.41) is 11.5. The van der Waals surface area contributed by atoms with E-state index in [9.17, 15) is 9.67 Å². The molecule has 0 saturated heterocycles. The number of benzene rings is 1. The van der Waals surface area contributed by atoms with Crippen LogP contribution >= 0.6 is 7.60 Å². The Morgan fingerprint density at radius 2 is 1.68 bits per heavy atom. The zero-order valence-corrected chi connectivity index (χ0v) is 16.5. The van der Waals surface area contributed by atoms with Crippen molar-refractivity contribution in [2.45, 2.75) is 64.4 Å². The van der Waals surface area contributed by atoms with Crippen molar-refractivity contribution in [2.24, 2.45) is 5.92 Å². The van der Waals surface area contributed by atoms with Crippen molar-refractivity contribution in [2.75, 3.05) is 19.4 Å². The van der Waals surface area contributed by atoms with Gasteiger partial charge in [-0.25, -0.2) is 0 Å². The molecule has 2 rings (SSSR count). The molecule has 142 valence electrons. The van der Waals surface area contributed by atoms with E-state index in [0.717, 1.165) is 18.4 Å². The maximum atomic E-state index is 13.1. The highest BCUT2D eigenvalue weighted by Gasteiger charge is 2.40.